The molecule has 4 heteroatoms. The smallest absolute Gasteiger partial charge is 0.256 e. The van der Waals surface area contributed by atoms with Crippen LogP contribution in [0.1, 0.15) is 26.9 Å². The molecule has 0 saturated carbocycles. The summed E-state index contributed by atoms with van der Waals surface area (Å²) in [6, 6.07) is 0. The van der Waals surface area contributed by atoms with Crippen LogP contribution >= 0.6 is 0 Å². The minimum absolute atomic E-state index is 0. The third kappa shape index (κ3) is 1.26. The number of hydrogen-bond acceptors (Lipinski definition) is 3. The third-order valence-electron chi connectivity index (χ3n) is 2.36. The molecule has 0 unspecified atom stereocenters. The van der Waals surface area contributed by atoms with Crippen LogP contribution in [0.15, 0.2) is 0 Å². The summed E-state index contributed by atoms with van der Waals surface area (Å²) in [5.41, 5.74) is 2.29. The Labute approximate surface area is 79.4 Å². The van der Waals surface area contributed by atoms with Gasteiger partial charge in [0.05, 0.1) is 12.2 Å². The molecule has 1 N–H and O–H groups in total. The van der Waals surface area contributed by atoms with E-state index in [1.807, 2.05) is 0 Å². The lowest BCUT2D eigenvalue weighted by Crippen LogP contribution is -2.29. The minimum Gasteiger partial charge on any atom is -0.473 e. The van der Waals surface area contributed by atoms with E-state index in [2.05, 4.69) is 36.0 Å². The lowest BCUT2D eigenvalue weighted by Gasteiger charge is -2.25. The van der Waals surface area contributed by atoms with Crippen molar-refractivity contribution in [2.45, 2.75) is 19.8 Å². The van der Waals surface area contributed by atoms with E-state index in [1.165, 1.54) is 0 Å². The number of aromatic nitrogens is 2. The first kappa shape index (κ1) is 8.41. The Kier molecular flexibility index (Phi) is 1.90. The Hall–Kier alpha value is -1.19. The number of nitrogens with zero attached hydrogens (tertiary/aromatic N) is 2. The van der Waals surface area contributed by atoms with Gasteiger partial charge in [0.2, 0.25) is 0 Å². The van der Waals surface area contributed by atoms with Gasteiger partial charge in [0.25, 0.3) is 5.88 Å². The molecule has 0 atom stereocenters. The molecule has 4 nitrogen and oxygen atoms in total. The van der Waals surface area contributed by atoms with Crippen LogP contribution in [0.25, 0.3) is 0 Å². The Bertz CT molecular complexity index is 311. The molecule has 0 aliphatic carbocycles. The van der Waals surface area contributed by atoms with Crippen LogP contribution in [0.2, 0.25) is 0 Å². The number of aromatic amines is 1. The summed E-state index contributed by atoms with van der Waals surface area (Å²) in [4.78, 5) is 2.19. The van der Waals surface area contributed by atoms with Gasteiger partial charge in [-0.2, -0.15) is 0 Å². The zero-order valence-electron chi connectivity index (χ0n) is 8.29. The predicted molar refractivity (Wildman–Crippen MR) is 53.6 cm³/mol. The van der Waals surface area contributed by atoms with Gasteiger partial charge >= 0.3 is 0 Å². The van der Waals surface area contributed by atoms with E-state index in [0.717, 1.165) is 30.4 Å². The lowest BCUT2D eigenvalue weighted by molar-refractivity contribution is 0.299. The highest BCUT2D eigenvalue weighted by atomic mass is 16.5. The molecule has 2 heterocycles. The van der Waals surface area contributed by atoms with E-state index in [0.29, 0.717) is 5.92 Å². The molecule has 74 valence electrons. The molecule has 1 aliphatic heterocycles. The molecule has 13 heavy (non-hydrogen) atoms. The molecule has 0 fully saturated rings. The molecule has 0 bridgehead atoms. The van der Waals surface area contributed by atoms with Crippen molar-refractivity contribution in [3.63, 3.8) is 0 Å². The van der Waals surface area contributed by atoms with E-state index < -0.39 is 0 Å². The number of H-pyrrole nitrogens is 1. The summed E-state index contributed by atoms with van der Waals surface area (Å²) in [6.45, 7) is 5.96. The number of rotatable bonds is 1. The monoisotopic (exact) mass is 183 g/mol. The molecule has 2 rings (SSSR count). The second-order valence-electron chi connectivity index (χ2n) is 3.72. The van der Waals surface area contributed by atoms with Gasteiger partial charge in [-0.15, -0.1) is 5.10 Å². The first-order chi connectivity index (χ1) is 6.20. The predicted octanol–water partition coefficient (Wildman–Crippen LogP) is 1.61. The number of hydrogen-bond donors (Lipinski definition) is 1. The Balaban J connectivity index is 0.000000980. The van der Waals surface area contributed by atoms with E-state index in [9.17, 15) is 0 Å². The van der Waals surface area contributed by atoms with Crippen molar-refractivity contribution in [1.29, 1.82) is 0 Å². The quantitative estimate of drug-likeness (QED) is 0.719. The van der Waals surface area contributed by atoms with Crippen molar-refractivity contribution in [2.24, 2.45) is 0 Å². The molecule has 1 aromatic rings. The van der Waals surface area contributed by atoms with Gasteiger partial charge in [0.15, 0.2) is 0 Å². The average molecular weight is 183 g/mol. The Morgan fingerprint density at radius 1 is 1.62 bits per heavy atom. The van der Waals surface area contributed by atoms with Crippen molar-refractivity contribution in [1.82, 2.24) is 10.2 Å². The SMILES string of the molecule is CC(C)c1[nH]nc2c1N(C)CCO2.[HH]. The van der Waals surface area contributed by atoms with Crippen LogP contribution in [-0.4, -0.2) is 30.4 Å². The van der Waals surface area contributed by atoms with E-state index in [1.54, 1.807) is 0 Å². The van der Waals surface area contributed by atoms with Gasteiger partial charge in [-0.3, -0.25) is 5.10 Å². The molecule has 0 radical (unpaired) electrons. The van der Waals surface area contributed by atoms with Crippen molar-refractivity contribution >= 4 is 5.69 Å². The average Bonchev–Trinajstić information content (AvgIpc) is 2.49. The number of likely N-dealkylation sites (N-methyl/N-ethyl adjacent to an activating group) is 1. The zero-order valence-corrected chi connectivity index (χ0v) is 8.29. The minimum atomic E-state index is 0. The summed E-state index contributed by atoms with van der Waals surface area (Å²) in [5, 5.41) is 7.17. The van der Waals surface area contributed by atoms with E-state index in [4.69, 9.17) is 4.74 Å². The zero-order chi connectivity index (χ0) is 9.42. The Morgan fingerprint density at radius 3 is 3.08 bits per heavy atom. The van der Waals surface area contributed by atoms with Crippen molar-refractivity contribution in [3.05, 3.63) is 5.69 Å². The fraction of sp³-hybridized carbons (Fsp3) is 0.667. The normalized spacial score (nSPS) is 15.8. The van der Waals surface area contributed by atoms with Gasteiger partial charge < -0.3 is 9.64 Å². The van der Waals surface area contributed by atoms with Crippen molar-refractivity contribution in [3.8, 4) is 5.88 Å². The molecule has 0 amide bonds. The molecule has 0 spiro atoms. The number of fused-ring (bicyclic) bond motifs is 1. The van der Waals surface area contributed by atoms with E-state index in [-0.39, 0.29) is 1.43 Å². The van der Waals surface area contributed by atoms with Gasteiger partial charge in [-0.05, 0) is 5.92 Å². The van der Waals surface area contributed by atoms with Gasteiger partial charge in [0, 0.05) is 8.47 Å². The van der Waals surface area contributed by atoms with Crippen molar-refractivity contribution in [2.75, 3.05) is 25.1 Å². The van der Waals surface area contributed by atoms with Gasteiger partial charge in [0.1, 0.15) is 12.3 Å². The van der Waals surface area contributed by atoms with Crippen molar-refractivity contribution < 1.29 is 6.16 Å². The molecular weight excluding hydrogens is 166 g/mol. The molecule has 1 aromatic heterocycles. The van der Waals surface area contributed by atoms with Crippen LogP contribution < -0.4 is 9.64 Å². The van der Waals surface area contributed by atoms with Gasteiger partial charge in [-0.25, -0.2) is 0 Å². The second kappa shape index (κ2) is 2.94. The fourth-order valence-corrected chi connectivity index (χ4v) is 1.60. The fourth-order valence-electron chi connectivity index (χ4n) is 1.60. The second-order valence-corrected chi connectivity index (χ2v) is 3.72. The van der Waals surface area contributed by atoms with Crippen LogP contribution in [0.3, 0.4) is 0 Å². The van der Waals surface area contributed by atoms with Crippen LogP contribution in [0, 0.1) is 0 Å². The summed E-state index contributed by atoms with van der Waals surface area (Å²) in [7, 11) is 2.07. The summed E-state index contributed by atoms with van der Waals surface area (Å²) in [5.74, 6) is 1.21. The maximum atomic E-state index is 5.44. The molecule has 0 aromatic carbocycles. The van der Waals surface area contributed by atoms with Gasteiger partial charge in [-0.1, -0.05) is 13.8 Å². The summed E-state index contributed by atoms with van der Waals surface area (Å²) >= 11 is 0. The first-order valence-electron chi connectivity index (χ1n) is 4.62. The highest BCUT2D eigenvalue weighted by Gasteiger charge is 2.23. The summed E-state index contributed by atoms with van der Waals surface area (Å²) < 4.78 is 5.44. The van der Waals surface area contributed by atoms with Crippen LogP contribution in [0.5, 0.6) is 5.88 Å². The number of nitrogens with one attached hydrogen (secondary N) is 1. The standard InChI is InChI=1S/C9H15N3O.H2/c1-6(2)7-8-9(11-10-7)13-5-4-12(8)3;/h6H,4-5H2,1-3H3,(H,10,11);1H. The number of anilines is 1. The number of ether oxygens (including phenoxy) is 1. The molecule has 1 aliphatic rings. The van der Waals surface area contributed by atoms with Crippen LogP contribution in [0.4, 0.5) is 5.69 Å². The topological polar surface area (TPSA) is 41.2 Å². The molecular formula is C9H17N3O. The maximum Gasteiger partial charge on any atom is 0.256 e. The van der Waals surface area contributed by atoms with E-state index >= 15 is 0 Å². The highest BCUT2D eigenvalue weighted by molar-refractivity contribution is 5.60. The first-order valence-corrected chi connectivity index (χ1v) is 4.62. The third-order valence-corrected chi connectivity index (χ3v) is 2.36. The largest absolute Gasteiger partial charge is 0.473 e. The van der Waals surface area contributed by atoms with Crippen LogP contribution in [-0.2, 0) is 0 Å². The highest BCUT2D eigenvalue weighted by Crippen LogP contribution is 2.35. The molecule has 0 saturated heterocycles. The lowest BCUT2D eigenvalue weighted by atomic mass is 10.1. The maximum absolute atomic E-state index is 5.44. The summed E-state index contributed by atoms with van der Waals surface area (Å²) in [6.07, 6.45) is 0. The Morgan fingerprint density at radius 2 is 2.38 bits per heavy atom.